The molecule has 0 aliphatic rings. The lowest BCUT2D eigenvalue weighted by atomic mass is 10.1. The van der Waals surface area contributed by atoms with Crippen LogP contribution in [0.25, 0.3) is 0 Å². The number of alkyl halides is 12. The van der Waals surface area contributed by atoms with Gasteiger partial charge < -0.3 is 27.8 Å². The summed E-state index contributed by atoms with van der Waals surface area (Å²) in [5.41, 5.74) is 5.58. The second-order valence-electron chi connectivity index (χ2n) is 14.9. The zero-order valence-corrected chi connectivity index (χ0v) is 39.5. The number of rotatable bonds is 8. The molecule has 0 fully saturated rings. The minimum absolute atomic E-state index is 0. The Morgan fingerprint density at radius 1 is 0.521 bits per heavy atom. The molecule has 2 N–H and O–H groups in total. The van der Waals surface area contributed by atoms with E-state index in [1.807, 2.05) is 19.1 Å². The maximum Gasteiger partial charge on any atom is 0.458 e. The smallest absolute Gasteiger partial charge is 0.458 e. The Morgan fingerprint density at radius 3 is 1.35 bits per heavy atom. The van der Waals surface area contributed by atoms with Gasteiger partial charge in [-0.3, -0.25) is 14.8 Å². The molecule has 5 aromatic heterocycles. The predicted molar refractivity (Wildman–Crippen MR) is 243 cm³/mol. The van der Waals surface area contributed by atoms with E-state index in [4.69, 9.17) is 23.4 Å². The predicted octanol–water partition coefficient (Wildman–Crippen LogP) is 15.9. The third kappa shape index (κ3) is 20.3. The highest BCUT2D eigenvalue weighted by molar-refractivity contribution is 6.02. The number of hydrogen-bond acceptors (Lipinski definition) is 9. The average Bonchev–Trinajstić information content (AvgIpc) is 4.16. The summed E-state index contributed by atoms with van der Waals surface area (Å²) in [6.45, 7) is 11.3. The van der Waals surface area contributed by atoms with Crippen molar-refractivity contribution in [3.8, 4) is 0 Å². The summed E-state index contributed by atoms with van der Waals surface area (Å²) in [7, 11) is 0. The minimum Gasteiger partial charge on any atom is -0.470 e. The van der Waals surface area contributed by atoms with Gasteiger partial charge in [0.25, 0.3) is 0 Å². The fourth-order valence-electron chi connectivity index (χ4n) is 5.52. The van der Waals surface area contributed by atoms with Gasteiger partial charge in [-0.15, -0.1) is 12.4 Å². The van der Waals surface area contributed by atoms with Gasteiger partial charge in [-0.05, 0) is 120 Å². The number of carbonyl (C=O) groups excluding carboxylic acids is 1. The van der Waals surface area contributed by atoms with Crippen LogP contribution in [0, 0.1) is 34.6 Å². The molecule has 0 spiro atoms. The molecule has 3 atom stereocenters. The summed E-state index contributed by atoms with van der Waals surface area (Å²) in [5.74, 6) is -0.785. The van der Waals surface area contributed by atoms with Crippen LogP contribution in [-0.4, -0.2) is 41.9 Å². The Bertz CT molecular complexity index is 2690. The van der Waals surface area contributed by atoms with Crippen molar-refractivity contribution in [2.24, 2.45) is 15.7 Å². The summed E-state index contributed by atoms with van der Waals surface area (Å²) < 4.78 is 174. The molecular formula is C49H48ClF12N3O6. The van der Waals surface area contributed by atoms with Crippen molar-refractivity contribution in [1.82, 2.24) is 0 Å². The summed E-state index contributed by atoms with van der Waals surface area (Å²) in [5, 5.41) is 0. The topological polar surface area (TPSA) is 134 Å². The molecule has 386 valence electrons. The molecule has 2 aromatic carbocycles. The van der Waals surface area contributed by atoms with Gasteiger partial charge in [-0.25, -0.2) is 0 Å². The van der Waals surface area contributed by atoms with Crippen LogP contribution in [0.4, 0.5) is 52.7 Å². The monoisotopic (exact) mass is 1040 g/mol. The van der Waals surface area contributed by atoms with E-state index in [-0.39, 0.29) is 35.4 Å². The quantitative estimate of drug-likeness (QED) is 0.0910. The number of ketones is 1. The molecular weight excluding hydrogens is 990 g/mol. The Balaban J connectivity index is 0.000000317. The van der Waals surface area contributed by atoms with Crippen LogP contribution in [0.2, 0.25) is 0 Å². The number of furan rings is 5. The van der Waals surface area contributed by atoms with Crippen LogP contribution in [0.3, 0.4) is 0 Å². The van der Waals surface area contributed by atoms with Gasteiger partial charge in [0.05, 0.1) is 12.3 Å². The summed E-state index contributed by atoms with van der Waals surface area (Å²) in [6.07, 6.45) is -16.7. The lowest BCUT2D eigenvalue weighted by Gasteiger charge is -2.15. The molecule has 0 amide bonds. The van der Waals surface area contributed by atoms with E-state index < -0.39 is 60.1 Å². The molecule has 0 aliphatic carbocycles. The van der Waals surface area contributed by atoms with Gasteiger partial charge in [0, 0.05) is 5.71 Å². The maximum atomic E-state index is 13.1. The fourth-order valence-corrected chi connectivity index (χ4v) is 5.52. The standard InChI is InChI=1S/2C15H14F3NO.C7H8F3NO.C7H5F3O2.C5H6O.ClH/c2*1-10-8-9-13(20-10)14(15(16,17)18)19-11(2)12-6-4-3-5-7-12;2*1-4-2-3-5(12-4)6(11)7(8,9)10;1-5-3-2-4-6-5;/h3-9,14H,1-2H3;3-9,11H,1-2H3;2-3,6H,11H2,1H3;2-3H,1H3;2-4H,1H3;1H/t14-;11-;6-;;;/m010.../s1. The van der Waals surface area contributed by atoms with Crippen LogP contribution in [0.1, 0.15) is 99.7 Å². The third-order valence-electron chi connectivity index (χ3n) is 9.01. The number of hydrogen-bond donors (Lipinski definition) is 1. The largest absolute Gasteiger partial charge is 0.470 e. The Hall–Kier alpha value is -6.74. The van der Waals surface area contributed by atoms with E-state index in [0.29, 0.717) is 28.6 Å². The first-order valence-corrected chi connectivity index (χ1v) is 20.5. The van der Waals surface area contributed by atoms with E-state index in [2.05, 4.69) is 14.4 Å². The lowest BCUT2D eigenvalue weighted by molar-refractivity contribution is -0.153. The van der Waals surface area contributed by atoms with E-state index in [1.54, 1.807) is 102 Å². The molecule has 7 rings (SSSR count). The highest BCUT2D eigenvalue weighted by atomic mass is 35.5. The van der Waals surface area contributed by atoms with Crippen molar-refractivity contribution >= 4 is 29.6 Å². The SMILES string of the molecule is CC(=N[C@@H](c1ccc(C)o1)C(F)(F)F)c1ccccc1.Cc1ccc(C(=N[C@H](C)c2ccccc2)C(F)(F)F)o1.Cc1ccc(C(=O)C(F)(F)F)o1.Cc1ccc([C@H](N)C(F)(F)F)o1.Cc1ccco1.Cl. The molecule has 5 heterocycles. The number of nitrogens with zero attached hydrogens (tertiary/aromatic N) is 2. The second kappa shape index (κ2) is 26.5. The van der Waals surface area contributed by atoms with E-state index in [1.165, 1.54) is 49.4 Å². The van der Waals surface area contributed by atoms with Crippen molar-refractivity contribution < 1.29 is 79.6 Å². The molecule has 0 saturated carbocycles. The highest BCUT2D eigenvalue weighted by Crippen LogP contribution is 2.37. The maximum absolute atomic E-state index is 13.1. The summed E-state index contributed by atoms with van der Waals surface area (Å²) >= 11 is 0. The highest BCUT2D eigenvalue weighted by Gasteiger charge is 2.44. The fraction of sp³-hybridized carbons (Fsp3) is 0.286. The number of halogens is 13. The van der Waals surface area contributed by atoms with E-state index >= 15 is 0 Å². The van der Waals surface area contributed by atoms with Crippen LogP contribution < -0.4 is 5.73 Å². The first kappa shape index (κ1) is 60.4. The number of benzene rings is 2. The van der Waals surface area contributed by atoms with Crippen molar-refractivity contribution in [2.75, 3.05) is 0 Å². The minimum atomic E-state index is -4.86. The second-order valence-corrected chi connectivity index (χ2v) is 14.9. The molecule has 9 nitrogen and oxygen atoms in total. The molecule has 22 heteroatoms. The van der Waals surface area contributed by atoms with Crippen molar-refractivity contribution in [3.63, 3.8) is 0 Å². The third-order valence-corrected chi connectivity index (χ3v) is 9.01. The van der Waals surface area contributed by atoms with Crippen molar-refractivity contribution in [3.05, 3.63) is 191 Å². The summed E-state index contributed by atoms with van der Waals surface area (Å²) in [6, 6.07) is 27.4. The molecule has 7 aromatic rings. The first-order valence-electron chi connectivity index (χ1n) is 20.5. The zero-order chi connectivity index (χ0) is 52.6. The van der Waals surface area contributed by atoms with Gasteiger partial charge >= 0.3 is 30.5 Å². The molecule has 0 bridgehead atoms. The molecule has 0 saturated heterocycles. The first-order chi connectivity index (χ1) is 32.5. The van der Waals surface area contributed by atoms with Crippen LogP contribution in [-0.2, 0) is 0 Å². The molecule has 0 aliphatic heterocycles. The Morgan fingerprint density at radius 2 is 0.986 bits per heavy atom. The van der Waals surface area contributed by atoms with Gasteiger partial charge in [-0.2, -0.15) is 52.7 Å². The molecule has 0 unspecified atom stereocenters. The van der Waals surface area contributed by atoms with E-state index in [0.717, 1.165) is 17.4 Å². The Kier molecular flexibility index (Phi) is 22.5. The number of aryl methyl sites for hydroxylation is 5. The van der Waals surface area contributed by atoms with Gasteiger partial charge in [0.2, 0.25) is 6.04 Å². The zero-order valence-electron chi connectivity index (χ0n) is 38.7. The average molecular weight is 1040 g/mol. The van der Waals surface area contributed by atoms with Crippen molar-refractivity contribution in [2.45, 2.75) is 91.3 Å². The van der Waals surface area contributed by atoms with Crippen molar-refractivity contribution in [1.29, 1.82) is 0 Å². The normalized spacial score (nSPS) is 13.3. The Labute approximate surface area is 405 Å². The number of Topliss-reactive ketones (excluding diaryl/α,β-unsaturated/α-hetero) is 1. The van der Waals surface area contributed by atoms with Crippen LogP contribution >= 0.6 is 12.4 Å². The molecule has 0 radical (unpaired) electrons. The van der Waals surface area contributed by atoms with Crippen LogP contribution in [0.5, 0.6) is 0 Å². The molecule has 71 heavy (non-hydrogen) atoms. The summed E-state index contributed by atoms with van der Waals surface area (Å²) in [4.78, 5) is 18.1. The van der Waals surface area contributed by atoms with E-state index in [9.17, 15) is 57.5 Å². The number of carbonyl (C=O) groups is 1. The van der Waals surface area contributed by atoms with Crippen LogP contribution in [0.15, 0.2) is 160 Å². The van der Waals surface area contributed by atoms with Gasteiger partial charge in [0.15, 0.2) is 23.3 Å². The number of aliphatic imine (C=N–C) groups is 2. The lowest BCUT2D eigenvalue weighted by Crippen LogP contribution is -2.27. The van der Waals surface area contributed by atoms with Gasteiger partial charge in [0.1, 0.15) is 40.3 Å². The van der Waals surface area contributed by atoms with Gasteiger partial charge in [-0.1, -0.05) is 60.7 Å². The number of nitrogens with two attached hydrogens (primary N) is 1.